The van der Waals surface area contributed by atoms with E-state index < -0.39 is 17.5 Å². The third-order valence-electron chi connectivity index (χ3n) is 4.58. The Hall–Kier alpha value is -2.76. The molecule has 1 N–H and O–H groups in total. The highest BCUT2D eigenvalue weighted by Crippen LogP contribution is 2.40. The molecule has 1 aliphatic heterocycles. The van der Waals surface area contributed by atoms with E-state index in [1.807, 2.05) is 60.7 Å². The van der Waals surface area contributed by atoms with Crippen LogP contribution in [0, 0.1) is 0 Å². The molecule has 5 heteroatoms. The molecule has 0 bridgehead atoms. The van der Waals surface area contributed by atoms with Crippen molar-refractivity contribution >= 4 is 27.4 Å². The van der Waals surface area contributed by atoms with E-state index in [4.69, 9.17) is 4.84 Å². The van der Waals surface area contributed by atoms with Gasteiger partial charge in [0.1, 0.15) is 11.6 Å². The van der Waals surface area contributed by atoms with Gasteiger partial charge in [0.2, 0.25) is 5.78 Å². The van der Waals surface area contributed by atoms with Crippen molar-refractivity contribution < 1.29 is 14.7 Å². The van der Waals surface area contributed by atoms with Gasteiger partial charge in [0.05, 0.1) is 0 Å². The van der Waals surface area contributed by atoms with Crippen molar-refractivity contribution in [2.24, 2.45) is 5.16 Å². The Labute approximate surface area is 165 Å². The van der Waals surface area contributed by atoms with Gasteiger partial charge >= 0.3 is 5.79 Å². The van der Waals surface area contributed by atoms with Crippen LogP contribution in [-0.4, -0.2) is 22.4 Å². The van der Waals surface area contributed by atoms with Gasteiger partial charge in [0.15, 0.2) is 0 Å². The second-order valence-corrected chi connectivity index (χ2v) is 7.23. The van der Waals surface area contributed by atoms with Crippen molar-refractivity contribution in [2.75, 3.05) is 0 Å². The highest BCUT2D eigenvalue weighted by Gasteiger charge is 2.54. The number of halogens is 1. The summed E-state index contributed by atoms with van der Waals surface area (Å²) in [4.78, 5) is 18.6. The zero-order valence-electron chi connectivity index (χ0n) is 14.2. The summed E-state index contributed by atoms with van der Waals surface area (Å²) in [7, 11) is 0. The SMILES string of the molecule is O=C(c1ccc(Br)cc1)[C@]1(O)ON=C(c2ccccc2)[C@H]1c1ccccc1. The van der Waals surface area contributed by atoms with E-state index in [2.05, 4.69) is 21.1 Å². The van der Waals surface area contributed by atoms with Crippen LogP contribution in [0.5, 0.6) is 0 Å². The van der Waals surface area contributed by atoms with Crippen LogP contribution in [0.1, 0.15) is 27.4 Å². The maximum Gasteiger partial charge on any atom is 0.310 e. The molecule has 0 aromatic heterocycles. The van der Waals surface area contributed by atoms with Gasteiger partial charge in [-0.05, 0) is 17.7 Å². The predicted octanol–water partition coefficient (Wildman–Crippen LogP) is 4.54. The number of ketones is 1. The second-order valence-electron chi connectivity index (χ2n) is 6.31. The summed E-state index contributed by atoms with van der Waals surface area (Å²) in [5.74, 6) is -3.38. The largest absolute Gasteiger partial charge is 0.350 e. The number of benzene rings is 3. The topological polar surface area (TPSA) is 58.9 Å². The minimum absolute atomic E-state index is 0.353. The molecule has 0 spiro atoms. The Morgan fingerprint density at radius 1 is 0.926 bits per heavy atom. The van der Waals surface area contributed by atoms with Crippen LogP contribution in [0.3, 0.4) is 0 Å². The Bertz CT molecular complexity index is 987. The zero-order valence-corrected chi connectivity index (χ0v) is 15.8. The average molecular weight is 422 g/mol. The van der Waals surface area contributed by atoms with Crippen LogP contribution in [0.15, 0.2) is 94.6 Å². The number of carbonyl (C=O) groups excluding carboxylic acids is 1. The minimum atomic E-state index is -2.11. The second kappa shape index (κ2) is 7.10. The minimum Gasteiger partial charge on any atom is -0.350 e. The maximum atomic E-state index is 13.2. The molecule has 0 aliphatic carbocycles. The first-order valence-electron chi connectivity index (χ1n) is 8.49. The summed E-state index contributed by atoms with van der Waals surface area (Å²) in [6.45, 7) is 0. The monoisotopic (exact) mass is 421 g/mol. The van der Waals surface area contributed by atoms with Gasteiger partial charge in [0, 0.05) is 15.6 Å². The highest BCUT2D eigenvalue weighted by atomic mass is 79.9. The van der Waals surface area contributed by atoms with Crippen LogP contribution in [0.25, 0.3) is 0 Å². The highest BCUT2D eigenvalue weighted by molar-refractivity contribution is 9.10. The molecule has 0 amide bonds. The summed E-state index contributed by atoms with van der Waals surface area (Å²) < 4.78 is 0.846. The van der Waals surface area contributed by atoms with E-state index >= 15 is 0 Å². The molecule has 0 saturated heterocycles. The average Bonchev–Trinajstić information content (AvgIpc) is 3.08. The molecule has 2 atom stereocenters. The fourth-order valence-electron chi connectivity index (χ4n) is 3.25. The van der Waals surface area contributed by atoms with Crippen LogP contribution < -0.4 is 0 Å². The third kappa shape index (κ3) is 3.20. The first-order valence-corrected chi connectivity index (χ1v) is 9.28. The Morgan fingerprint density at radius 2 is 1.52 bits per heavy atom. The molecule has 3 aromatic carbocycles. The van der Waals surface area contributed by atoms with Crippen LogP contribution >= 0.6 is 15.9 Å². The number of oxime groups is 1. The van der Waals surface area contributed by atoms with Gasteiger partial charge in [-0.25, -0.2) is 0 Å². The Balaban J connectivity index is 1.80. The van der Waals surface area contributed by atoms with Gasteiger partial charge in [-0.2, -0.15) is 0 Å². The third-order valence-corrected chi connectivity index (χ3v) is 5.11. The standard InChI is InChI=1S/C22H16BrNO3/c23-18-13-11-17(12-14-18)21(25)22(26)19(15-7-3-1-4-8-15)20(24-27-22)16-9-5-2-6-10-16/h1-14,19,26H/t19-,22-/m1/s1. The fraction of sp³-hybridized carbons (Fsp3) is 0.0909. The number of aliphatic hydroxyl groups is 1. The first-order chi connectivity index (χ1) is 13.1. The molecule has 1 heterocycles. The molecule has 1 aliphatic rings. The van der Waals surface area contributed by atoms with Crippen LogP contribution in [0.2, 0.25) is 0 Å². The summed E-state index contributed by atoms with van der Waals surface area (Å²) in [6, 6.07) is 25.6. The fourth-order valence-corrected chi connectivity index (χ4v) is 3.51. The quantitative estimate of drug-likeness (QED) is 0.629. The Kier molecular flexibility index (Phi) is 4.64. The lowest BCUT2D eigenvalue weighted by molar-refractivity contribution is -0.155. The number of Topliss-reactive ketones (excluding diaryl/α,β-unsaturated/α-hetero) is 1. The lowest BCUT2D eigenvalue weighted by atomic mass is 9.80. The molecule has 134 valence electrons. The lowest BCUT2D eigenvalue weighted by Gasteiger charge is -2.27. The van der Waals surface area contributed by atoms with E-state index in [1.165, 1.54) is 0 Å². The van der Waals surface area contributed by atoms with E-state index in [0.717, 1.165) is 15.6 Å². The molecule has 4 nitrogen and oxygen atoms in total. The van der Waals surface area contributed by atoms with Crippen molar-refractivity contribution in [3.8, 4) is 0 Å². The molecule has 0 radical (unpaired) electrons. The van der Waals surface area contributed by atoms with Gasteiger partial charge in [-0.1, -0.05) is 93.9 Å². The molecule has 3 aromatic rings. The van der Waals surface area contributed by atoms with Crippen LogP contribution in [0.4, 0.5) is 0 Å². The van der Waals surface area contributed by atoms with Crippen molar-refractivity contribution in [3.05, 3.63) is 106 Å². The van der Waals surface area contributed by atoms with Crippen LogP contribution in [-0.2, 0) is 4.84 Å². The van der Waals surface area contributed by atoms with Gasteiger partial charge < -0.3 is 9.94 Å². The number of hydrogen-bond acceptors (Lipinski definition) is 4. The molecule has 0 unspecified atom stereocenters. The smallest absolute Gasteiger partial charge is 0.310 e. The molecule has 0 saturated carbocycles. The van der Waals surface area contributed by atoms with Gasteiger partial charge in [-0.15, -0.1) is 0 Å². The number of hydrogen-bond donors (Lipinski definition) is 1. The summed E-state index contributed by atoms with van der Waals surface area (Å²) in [6.07, 6.45) is 0. The van der Waals surface area contributed by atoms with Gasteiger partial charge in [0.25, 0.3) is 0 Å². The van der Waals surface area contributed by atoms with E-state index in [1.54, 1.807) is 24.3 Å². The normalized spacial score (nSPS) is 21.4. The number of rotatable bonds is 4. The predicted molar refractivity (Wildman–Crippen MR) is 107 cm³/mol. The van der Waals surface area contributed by atoms with E-state index in [0.29, 0.717) is 11.3 Å². The number of nitrogens with zero attached hydrogens (tertiary/aromatic N) is 1. The lowest BCUT2D eigenvalue weighted by Crippen LogP contribution is -2.45. The molecular formula is C22H16BrNO3. The molecule has 4 rings (SSSR count). The van der Waals surface area contributed by atoms with Crippen molar-refractivity contribution in [2.45, 2.75) is 11.7 Å². The maximum absolute atomic E-state index is 13.2. The zero-order chi connectivity index (χ0) is 18.9. The Morgan fingerprint density at radius 3 is 2.15 bits per heavy atom. The molecule has 27 heavy (non-hydrogen) atoms. The van der Waals surface area contributed by atoms with Crippen molar-refractivity contribution in [1.82, 2.24) is 0 Å². The first kappa shape index (κ1) is 17.6. The number of carbonyl (C=O) groups is 1. The van der Waals surface area contributed by atoms with E-state index in [-0.39, 0.29) is 0 Å². The van der Waals surface area contributed by atoms with E-state index in [9.17, 15) is 9.90 Å². The van der Waals surface area contributed by atoms with Crippen molar-refractivity contribution in [1.29, 1.82) is 0 Å². The summed E-state index contributed by atoms with van der Waals surface area (Å²) in [5.41, 5.74) is 2.43. The molecule has 0 fully saturated rings. The molecular weight excluding hydrogens is 406 g/mol. The summed E-state index contributed by atoms with van der Waals surface area (Å²) in [5, 5.41) is 15.4. The van der Waals surface area contributed by atoms with Crippen molar-refractivity contribution in [3.63, 3.8) is 0 Å². The summed E-state index contributed by atoms with van der Waals surface area (Å²) >= 11 is 3.35. The van der Waals surface area contributed by atoms with Gasteiger partial charge in [-0.3, -0.25) is 4.79 Å².